The van der Waals surface area contributed by atoms with Gasteiger partial charge in [-0.25, -0.2) is 14.5 Å². The number of allylic oxidation sites excluding steroid dienone is 1. The second kappa shape index (κ2) is 13.0. The SMILES string of the molecule is CCOC(=O)COc1ccc(CC=C2C(=O)N(CC(=O)OCC)C(=O)N2CC(=O)OCC)cc1. The highest BCUT2D eigenvalue weighted by atomic mass is 16.6. The third-order valence-corrected chi connectivity index (χ3v) is 4.52. The number of imide groups is 1. The molecule has 1 saturated heterocycles. The van der Waals surface area contributed by atoms with Crippen molar-refractivity contribution in [3.8, 4) is 5.75 Å². The van der Waals surface area contributed by atoms with E-state index in [1.54, 1.807) is 45.0 Å². The van der Waals surface area contributed by atoms with Gasteiger partial charge in [-0.1, -0.05) is 18.2 Å². The molecule has 0 bridgehead atoms. The Hall–Kier alpha value is -3.89. The maximum atomic E-state index is 12.9. The van der Waals surface area contributed by atoms with E-state index in [4.69, 9.17) is 18.9 Å². The lowest BCUT2D eigenvalue weighted by Crippen LogP contribution is -2.39. The summed E-state index contributed by atoms with van der Waals surface area (Å²) >= 11 is 0. The minimum Gasteiger partial charge on any atom is -0.482 e. The van der Waals surface area contributed by atoms with Crippen LogP contribution in [-0.4, -0.2) is 79.2 Å². The number of esters is 3. The number of benzene rings is 1. The highest BCUT2D eigenvalue weighted by Crippen LogP contribution is 2.22. The van der Waals surface area contributed by atoms with Gasteiger partial charge in [-0.3, -0.25) is 19.3 Å². The van der Waals surface area contributed by atoms with E-state index in [9.17, 15) is 24.0 Å². The average Bonchev–Trinajstić information content (AvgIpc) is 3.01. The molecular weight excluding hydrogens is 448 g/mol. The fraction of sp³-hybridized carbons (Fsp3) is 0.435. The molecule has 2 rings (SSSR count). The van der Waals surface area contributed by atoms with Gasteiger partial charge < -0.3 is 18.9 Å². The Morgan fingerprint density at radius 1 is 0.794 bits per heavy atom. The summed E-state index contributed by atoms with van der Waals surface area (Å²) in [5.41, 5.74) is 0.737. The first-order chi connectivity index (χ1) is 16.3. The van der Waals surface area contributed by atoms with E-state index in [1.807, 2.05) is 0 Å². The normalized spacial score (nSPS) is 14.4. The molecule has 1 aliphatic heterocycles. The second-order valence-electron chi connectivity index (χ2n) is 6.90. The van der Waals surface area contributed by atoms with Crippen molar-refractivity contribution in [2.45, 2.75) is 27.2 Å². The number of carbonyl (C=O) groups is 5. The van der Waals surface area contributed by atoms with E-state index >= 15 is 0 Å². The maximum absolute atomic E-state index is 12.9. The van der Waals surface area contributed by atoms with E-state index in [-0.39, 0.29) is 38.5 Å². The largest absolute Gasteiger partial charge is 0.482 e. The molecule has 34 heavy (non-hydrogen) atoms. The predicted octanol–water partition coefficient (Wildman–Crippen LogP) is 1.45. The topological polar surface area (TPSA) is 129 Å². The van der Waals surface area contributed by atoms with Crippen molar-refractivity contribution in [2.24, 2.45) is 0 Å². The van der Waals surface area contributed by atoms with E-state index in [2.05, 4.69) is 0 Å². The minimum atomic E-state index is -0.805. The van der Waals surface area contributed by atoms with Crippen LogP contribution in [0.4, 0.5) is 4.79 Å². The van der Waals surface area contributed by atoms with Crippen LogP contribution in [0.25, 0.3) is 0 Å². The van der Waals surface area contributed by atoms with Crippen LogP contribution in [0, 0.1) is 0 Å². The predicted molar refractivity (Wildman–Crippen MR) is 117 cm³/mol. The fourth-order valence-electron chi connectivity index (χ4n) is 3.03. The smallest absolute Gasteiger partial charge is 0.344 e. The zero-order valence-electron chi connectivity index (χ0n) is 19.4. The van der Waals surface area contributed by atoms with Crippen molar-refractivity contribution in [3.05, 3.63) is 41.6 Å². The first kappa shape index (κ1) is 26.4. The molecule has 0 aliphatic carbocycles. The fourth-order valence-corrected chi connectivity index (χ4v) is 3.03. The van der Waals surface area contributed by atoms with E-state index in [1.165, 1.54) is 6.08 Å². The van der Waals surface area contributed by atoms with Crippen LogP contribution >= 0.6 is 0 Å². The number of amides is 3. The van der Waals surface area contributed by atoms with Gasteiger partial charge in [0, 0.05) is 0 Å². The third-order valence-electron chi connectivity index (χ3n) is 4.52. The molecular formula is C23H28N2O9. The lowest BCUT2D eigenvalue weighted by Gasteiger charge is -2.16. The molecule has 1 aliphatic rings. The molecule has 0 saturated carbocycles. The third kappa shape index (κ3) is 7.32. The van der Waals surface area contributed by atoms with Crippen LogP contribution in [0.15, 0.2) is 36.0 Å². The first-order valence-electron chi connectivity index (χ1n) is 10.8. The van der Waals surface area contributed by atoms with Gasteiger partial charge in [0.25, 0.3) is 5.91 Å². The standard InChI is InChI=1S/C23H28N2O9/c1-4-31-19(26)13-24-18(22(29)25(23(24)30)14-20(27)32-5-2)12-9-16-7-10-17(11-8-16)34-15-21(28)33-6-3/h7-8,10-12H,4-6,9,13-15H2,1-3H3. The molecule has 11 nitrogen and oxygen atoms in total. The van der Waals surface area contributed by atoms with E-state index in [0.717, 1.165) is 15.4 Å². The number of hydrogen-bond donors (Lipinski definition) is 0. The molecule has 0 radical (unpaired) electrons. The van der Waals surface area contributed by atoms with Crippen molar-refractivity contribution in [1.29, 1.82) is 0 Å². The van der Waals surface area contributed by atoms with Crippen LogP contribution < -0.4 is 4.74 Å². The van der Waals surface area contributed by atoms with Gasteiger partial charge in [-0.05, 0) is 44.9 Å². The number of nitrogens with zero attached hydrogens (tertiary/aromatic N) is 2. The van der Waals surface area contributed by atoms with E-state index in [0.29, 0.717) is 5.75 Å². The number of hydrogen-bond acceptors (Lipinski definition) is 9. The number of rotatable bonds is 12. The number of urea groups is 1. The summed E-state index contributed by atoms with van der Waals surface area (Å²) in [7, 11) is 0. The molecule has 1 heterocycles. The summed E-state index contributed by atoms with van der Waals surface area (Å²) in [6.07, 6.45) is 1.75. The van der Waals surface area contributed by atoms with Crippen molar-refractivity contribution in [3.63, 3.8) is 0 Å². The lowest BCUT2D eigenvalue weighted by molar-refractivity contribution is -0.146. The summed E-state index contributed by atoms with van der Waals surface area (Å²) in [6.45, 7) is 4.17. The molecule has 1 aromatic carbocycles. The Bertz CT molecular complexity index is 940. The highest BCUT2D eigenvalue weighted by molar-refractivity contribution is 6.13. The average molecular weight is 476 g/mol. The molecule has 0 unspecified atom stereocenters. The van der Waals surface area contributed by atoms with Crippen molar-refractivity contribution in [1.82, 2.24) is 9.80 Å². The molecule has 0 atom stereocenters. The Morgan fingerprint density at radius 2 is 1.32 bits per heavy atom. The van der Waals surface area contributed by atoms with Crippen LogP contribution in [0.1, 0.15) is 26.3 Å². The van der Waals surface area contributed by atoms with Crippen molar-refractivity contribution < 1.29 is 42.9 Å². The molecule has 0 N–H and O–H groups in total. The van der Waals surface area contributed by atoms with Crippen LogP contribution in [-0.2, 0) is 39.8 Å². The van der Waals surface area contributed by atoms with E-state index < -0.39 is 42.9 Å². The number of ether oxygens (including phenoxy) is 4. The van der Waals surface area contributed by atoms with Gasteiger partial charge >= 0.3 is 23.9 Å². The van der Waals surface area contributed by atoms with Gasteiger partial charge in [-0.15, -0.1) is 0 Å². The first-order valence-corrected chi connectivity index (χ1v) is 10.8. The van der Waals surface area contributed by atoms with Gasteiger partial charge in [0.05, 0.1) is 19.8 Å². The zero-order chi connectivity index (χ0) is 25.1. The summed E-state index contributed by atoms with van der Waals surface area (Å²) in [4.78, 5) is 62.5. The molecule has 0 spiro atoms. The van der Waals surface area contributed by atoms with Gasteiger partial charge in [0.2, 0.25) is 0 Å². The van der Waals surface area contributed by atoms with Crippen LogP contribution in [0.3, 0.4) is 0 Å². The second-order valence-corrected chi connectivity index (χ2v) is 6.90. The molecule has 1 aromatic rings. The van der Waals surface area contributed by atoms with Gasteiger partial charge in [-0.2, -0.15) is 0 Å². The summed E-state index contributed by atoms with van der Waals surface area (Å²) in [6, 6.07) is 5.95. The molecule has 1 fully saturated rings. The van der Waals surface area contributed by atoms with Crippen molar-refractivity contribution >= 4 is 29.8 Å². The quantitative estimate of drug-likeness (QED) is 0.190. The highest BCUT2D eigenvalue weighted by Gasteiger charge is 2.43. The summed E-state index contributed by atoms with van der Waals surface area (Å²) in [5, 5.41) is 0. The monoisotopic (exact) mass is 476 g/mol. The molecule has 184 valence electrons. The Labute approximate surface area is 197 Å². The van der Waals surface area contributed by atoms with Gasteiger partial charge in [0.1, 0.15) is 24.5 Å². The Balaban J connectivity index is 2.14. The minimum absolute atomic E-state index is 0.0370. The van der Waals surface area contributed by atoms with Crippen LogP contribution in [0.5, 0.6) is 5.75 Å². The molecule has 3 amide bonds. The Kier molecular flexibility index (Phi) is 10.1. The lowest BCUT2D eigenvalue weighted by atomic mass is 10.1. The molecule has 11 heteroatoms. The number of carbonyl (C=O) groups excluding carboxylic acids is 5. The maximum Gasteiger partial charge on any atom is 0.344 e. The van der Waals surface area contributed by atoms with Crippen LogP contribution in [0.2, 0.25) is 0 Å². The summed E-state index contributed by atoms with van der Waals surface area (Å²) < 4.78 is 19.9. The molecule has 0 aromatic heterocycles. The Morgan fingerprint density at radius 3 is 1.88 bits per heavy atom. The summed E-state index contributed by atoms with van der Waals surface area (Å²) in [5.74, 6) is -2.15. The van der Waals surface area contributed by atoms with Crippen molar-refractivity contribution in [2.75, 3.05) is 39.5 Å². The zero-order valence-corrected chi connectivity index (χ0v) is 19.4. The van der Waals surface area contributed by atoms with Gasteiger partial charge in [0.15, 0.2) is 6.61 Å².